The van der Waals surface area contributed by atoms with Gasteiger partial charge in [-0.15, -0.1) is 10.2 Å². The molecule has 0 spiro atoms. The predicted molar refractivity (Wildman–Crippen MR) is 73.9 cm³/mol. The molecule has 0 fully saturated rings. The summed E-state index contributed by atoms with van der Waals surface area (Å²) in [5, 5.41) is 8.03. The van der Waals surface area contributed by atoms with Crippen LogP contribution in [0.15, 0.2) is 36.5 Å². The fourth-order valence-electron chi connectivity index (χ4n) is 2.03. The molecule has 0 aliphatic rings. The zero-order valence-electron chi connectivity index (χ0n) is 10.2. The van der Waals surface area contributed by atoms with Crippen molar-refractivity contribution >= 4 is 34.1 Å². The molecule has 2 aromatic heterocycles. The van der Waals surface area contributed by atoms with E-state index in [1.165, 1.54) is 16.7 Å². The van der Waals surface area contributed by atoms with E-state index in [4.69, 9.17) is 23.2 Å². The fraction of sp³-hybridized carbons (Fsp3) is 0.0769. The van der Waals surface area contributed by atoms with E-state index in [-0.39, 0.29) is 10.3 Å². The van der Waals surface area contributed by atoms with Crippen molar-refractivity contribution in [2.24, 2.45) is 0 Å². The number of fused-ring (bicyclic) bond motifs is 1. The normalized spacial score (nSPS) is 12.0. The van der Waals surface area contributed by atoms with E-state index < -0.39 is 11.7 Å². The third-order valence-corrected chi connectivity index (χ3v) is 3.43. The number of halogens is 5. The van der Waals surface area contributed by atoms with Crippen molar-refractivity contribution < 1.29 is 13.2 Å². The van der Waals surface area contributed by atoms with Crippen molar-refractivity contribution in [2.45, 2.75) is 6.18 Å². The number of benzene rings is 1. The molecule has 3 nitrogen and oxygen atoms in total. The molecule has 2 heterocycles. The van der Waals surface area contributed by atoms with Crippen LogP contribution in [0.1, 0.15) is 5.56 Å². The molecule has 0 unspecified atom stereocenters. The minimum Gasteiger partial charge on any atom is -0.314 e. The van der Waals surface area contributed by atoms with Crippen molar-refractivity contribution in [3.05, 3.63) is 52.4 Å². The van der Waals surface area contributed by atoms with Crippen LogP contribution in [-0.4, -0.2) is 14.8 Å². The molecule has 21 heavy (non-hydrogen) atoms. The topological polar surface area (TPSA) is 30.7 Å². The SMILES string of the molecule is FC(F)(F)c1ccc2ccn(-c3cc(Cl)nnc3Cl)c2c1. The molecule has 0 saturated carbocycles. The minimum absolute atomic E-state index is 0.0503. The van der Waals surface area contributed by atoms with Gasteiger partial charge >= 0.3 is 6.18 Å². The maximum atomic E-state index is 12.8. The van der Waals surface area contributed by atoms with Crippen LogP contribution in [0, 0.1) is 0 Å². The lowest BCUT2D eigenvalue weighted by Gasteiger charge is -2.10. The van der Waals surface area contributed by atoms with Gasteiger partial charge in [0.15, 0.2) is 10.3 Å². The smallest absolute Gasteiger partial charge is 0.314 e. The van der Waals surface area contributed by atoms with Gasteiger partial charge in [-0.3, -0.25) is 0 Å². The van der Waals surface area contributed by atoms with Crippen LogP contribution in [0.25, 0.3) is 16.6 Å². The van der Waals surface area contributed by atoms with Gasteiger partial charge in [0.05, 0.1) is 16.8 Å². The van der Waals surface area contributed by atoms with E-state index in [9.17, 15) is 13.2 Å². The molecule has 0 N–H and O–H groups in total. The van der Waals surface area contributed by atoms with Gasteiger partial charge in [0.1, 0.15) is 0 Å². The molecule has 108 valence electrons. The Morgan fingerprint density at radius 1 is 1.00 bits per heavy atom. The molecule has 0 aliphatic heterocycles. The number of alkyl halides is 3. The summed E-state index contributed by atoms with van der Waals surface area (Å²) in [7, 11) is 0. The van der Waals surface area contributed by atoms with Crippen molar-refractivity contribution in [2.75, 3.05) is 0 Å². The van der Waals surface area contributed by atoms with Crippen LogP contribution in [0.5, 0.6) is 0 Å². The van der Waals surface area contributed by atoms with Crippen molar-refractivity contribution in [3.8, 4) is 5.69 Å². The molecule has 0 amide bonds. The Bertz CT molecular complexity index is 827. The van der Waals surface area contributed by atoms with Crippen molar-refractivity contribution in [3.63, 3.8) is 0 Å². The molecule has 3 aromatic rings. The molecule has 0 aliphatic carbocycles. The lowest BCUT2D eigenvalue weighted by atomic mass is 10.1. The lowest BCUT2D eigenvalue weighted by molar-refractivity contribution is -0.137. The second-order valence-corrected chi connectivity index (χ2v) is 5.05. The standard InChI is InChI=1S/C13H6Cl2F3N3/c14-11-6-10(12(15)20-19-11)21-4-3-7-1-2-8(5-9(7)21)13(16,17)18/h1-6H. The Hall–Kier alpha value is -1.79. The average molecular weight is 332 g/mol. The third-order valence-electron chi connectivity index (χ3n) is 2.98. The molecule has 0 atom stereocenters. The first-order valence-electron chi connectivity index (χ1n) is 5.73. The van der Waals surface area contributed by atoms with E-state index >= 15 is 0 Å². The highest BCUT2D eigenvalue weighted by molar-refractivity contribution is 6.32. The lowest BCUT2D eigenvalue weighted by Crippen LogP contribution is -2.05. The molecule has 8 heteroatoms. The van der Waals surface area contributed by atoms with Gasteiger partial charge in [0.2, 0.25) is 0 Å². The van der Waals surface area contributed by atoms with Crippen LogP contribution in [-0.2, 0) is 6.18 Å². The maximum absolute atomic E-state index is 12.8. The van der Waals surface area contributed by atoms with Gasteiger partial charge in [0, 0.05) is 12.3 Å². The van der Waals surface area contributed by atoms with Crippen LogP contribution in [0.4, 0.5) is 13.2 Å². The Morgan fingerprint density at radius 2 is 1.76 bits per heavy atom. The summed E-state index contributed by atoms with van der Waals surface area (Å²) < 4.78 is 40.0. The van der Waals surface area contributed by atoms with Crippen molar-refractivity contribution in [1.82, 2.24) is 14.8 Å². The number of hydrogen-bond donors (Lipinski definition) is 0. The Labute approximate surface area is 126 Å². The third kappa shape index (κ3) is 2.56. The Kier molecular flexibility index (Phi) is 3.30. The van der Waals surface area contributed by atoms with Crippen LogP contribution in [0.2, 0.25) is 10.3 Å². The van der Waals surface area contributed by atoms with E-state index in [0.29, 0.717) is 16.6 Å². The zero-order chi connectivity index (χ0) is 15.2. The van der Waals surface area contributed by atoms with Gasteiger partial charge in [0.25, 0.3) is 0 Å². The average Bonchev–Trinajstić information content (AvgIpc) is 2.83. The van der Waals surface area contributed by atoms with Gasteiger partial charge in [-0.25, -0.2) is 0 Å². The molecule has 0 bridgehead atoms. The highest BCUT2D eigenvalue weighted by atomic mass is 35.5. The highest BCUT2D eigenvalue weighted by Crippen LogP contribution is 2.33. The second kappa shape index (κ2) is 4.89. The fourth-order valence-corrected chi connectivity index (χ4v) is 2.35. The summed E-state index contributed by atoms with van der Waals surface area (Å²) in [5.41, 5.74) is -0.0130. The Balaban J connectivity index is 2.26. The summed E-state index contributed by atoms with van der Waals surface area (Å²) in [6.45, 7) is 0. The summed E-state index contributed by atoms with van der Waals surface area (Å²) in [6.07, 6.45) is -2.81. The molecule has 1 aromatic carbocycles. The molecule has 0 radical (unpaired) electrons. The Morgan fingerprint density at radius 3 is 2.48 bits per heavy atom. The summed E-state index contributed by atoms with van der Waals surface area (Å²) in [4.78, 5) is 0. The van der Waals surface area contributed by atoms with E-state index in [2.05, 4.69) is 10.2 Å². The first-order valence-corrected chi connectivity index (χ1v) is 6.49. The monoisotopic (exact) mass is 331 g/mol. The second-order valence-electron chi connectivity index (χ2n) is 4.30. The van der Waals surface area contributed by atoms with Crippen LogP contribution < -0.4 is 0 Å². The van der Waals surface area contributed by atoms with E-state index in [1.807, 2.05) is 0 Å². The number of hydrogen-bond acceptors (Lipinski definition) is 2. The van der Waals surface area contributed by atoms with Gasteiger partial charge in [-0.1, -0.05) is 29.3 Å². The highest BCUT2D eigenvalue weighted by Gasteiger charge is 2.30. The number of aromatic nitrogens is 3. The number of nitrogens with zero attached hydrogens (tertiary/aromatic N) is 3. The molecule has 3 rings (SSSR count). The molecule has 0 saturated heterocycles. The maximum Gasteiger partial charge on any atom is 0.416 e. The molecular formula is C13H6Cl2F3N3. The first-order chi connectivity index (χ1) is 9.86. The minimum atomic E-state index is -4.42. The van der Waals surface area contributed by atoms with Gasteiger partial charge in [-0.2, -0.15) is 13.2 Å². The van der Waals surface area contributed by atoms with Crippen LogP contribution in [0.3, 0.4) is 0 Å². The predicted octanol–water partition coefficient (Wildman–Crippen LogP) is 4.75. The van der Waals surface area contributed by atoms with Crippen LogP contribution >= 0.6 is 23.2 Å². The largest absolute Gasteiger partial charge is 0.416 e. The summed E-state index contributed by atoms with van der Waals surface area (Å²) >= 11 is 11.7. The molecular weight excluding hydrogens is 326 g/mol. The quantitative estimate of drug-likeness (QED) is 0.644. The number of rotatable bonds is 1. The van der Waals surface area contributed by atoms with Gasteiger partial charge in [-0.05, 0) is 23.6 Å². The summed E-state index contributed by atoms with van der Waals surface area (Å²) in [6, 6.07) is 6.61. The van der Waals surface area contributed by atoms with E-state index in [0.717, 1.165) is 12.1 Å². The summed E-state index contributed by atoms with van der Waals surface area (Å²) in [5.74, 6) is 0. The zero-order valence-corrected chi connectivity index (χ0v) is 11.7. The first kappa shape index (κ1) is 14.2. The van der Waals surface area contributed by atoms with Crippen molar-refractivity contribution in [1.29, 1.82) is 0 Å². The van der Waals surface area contributed by atoms with E-state index in [1.54, 1.807) is 12.3 Å². The van der Waals surface area contributed by atoms with Gasteiger partial charge < -0.3 is 4.57 Å².